The average molecular weight is 293 g/mol. The highest BCUT2D eigenvalue weighted by Gasteiger charge is 2.13. The quantitative estimate of drug-likeness (QED) is 0.885. The number of nitrogens with one attached hydrogen (secondary N) is 1. The van der Waals surface area contributed by atoms with Gasteiger partial charge in [-0.05, 0) is 31.0 Å². The van der Waals surface area contributed by atoms with Crippen molar-refractivity contribution in [3.05, 3.63) is 47.8 Å². The van der Waals surface area contributed by atoms with Crippen LogP contribution in [0, 0.1) is 0 Å². The molecule has 6 heteroatoms. The second kappa shape index (κ2) is 6.19. The Labute approximate surface area is 119 Å². The fourth-order valence-corrected chi connectivity index (χ4v) is 2.85. The Morgan fingerprint density at radius 3 is 2.40 bits per heavy atom. The van der Waals surface area contributed by atoms with Gasteiger partial charge in [0.2, 0.25) is 10.0 Å². The molecule has 20 heavy (non-hydrogen) atoms. The van der Waals surface area contributed by atoms with Crippen molar-refractivity contribution in [2.75, 3.05) is 0 Å². The number of benzene rings is 1. The van der Waals surface area contributed by atoms with Crippen molar-refractivity contribution in [3.63, 3.8) is 0 Å². The Morgan fingerprint density at radius 1 is 1.15 bits per heavy atom. The highest BCUT2D eigenvalue weighted by atomic mass is 32.2. The van der Waals surface area contributed by atoms with Crippen LogP contribution < -0.4 is 4.72 Å². The molecule has 5 nitrogen and oxygen atoms in total. The number of hydrogen-bond acceptors (Lipinski definition) is 3. The van der Waals surface area contributed by atoms with E-state index in [4.69, 9.17) is 0 Å². The van der Waals surface area contributed by atoms with Crippen molar-refractivity contribution >= 4 is 10.0 Å². The third-order valence-corrected chi connectivity index (χ3v) is 4.54. The van der Waals surface area contributed by atoms with Crippen molar-refractivity contribution in [2.24, 2.45) is 0 Å². The van der Waals surface area contributed by atoms with Gasteiger partial charge in [-0.2, -0.15) is 5.10 Å². The van der Waals surface area contributed by atoms with Crippen molar-refractivity contribution < 1.29 is 8.42 Å². The normalized spacial score (nSPS) is 11.7. The number of rotatable bonds is 6. The molecular weight excluding hydrogens is 274 g/mol. The lowest BCUT2D eigenvalue weighted by Crippen LogP contribution is -2.23. The van der Waals surface area contributed by atoms with Gasteiger partial charge in [0.25, 0.3) is 0 Å². The van der Waals surface area contributed by atoms with E-state index in [0.29, 0.717) is 0 Å². The summed E-state index contributed by atoms with van der Waals surface area (Å²) in [4.78, 5) is 0.289. The predicted octanol–water partition coefficient (Wildman–Crippen LogP) is 1.94. The van der Waals surface area contributed by atoms with Gasteiger partial charge in [0.05, 0.1) is 11.1 Å². The van der Waals surface area contributed by atoms with Gasteiger partial charge in [0.15, 0.2) is 0 Å². The highest BCUT2D eigenvalue weighted by Crippen LogP contribution is 2.11. The smallest absolute Gasteiger partial charge is 0.240 e. The third kappa shape index (κ3) is 3.46. The second-order valence-electron chi connectivity index (χ2n) is 4.53. The van der Waals surface area contributed by atoms with Crippen LogP contribution in [0.3, 0.4) is 0 Å². The summed E-state index contributed by atoms with van der Waals surface area (Å²) in [6.07, 6.45) is 4.40. The summed E-state index contributed by atoms with van der Waals surface area (Å²) in [5, 5.41) is 4.11. The first-order chi connectivity index (χ1) is 9.55. The van der Waals surface area contributed by atoms with Gasteiger partial charge >= 0.3 is 0 Å². The molecule has 0 atom stereocenters. The largest absolute Gasteiger partial charge is 0.273 e. The molecule has 0 amide bonds. The van der Waals surface area contributed by atoms with E-state index in [9.17, 15) is 8.42 Å². The Balaban J connectivity index is 2.06. The molecule has 1 aromatic carbocycles. The van der Waals surface area contributed by atoms with Crippen molar-refractivity contribution in [1.29, 1.82) is 0 Å². The van der Waals surface area contributed by atoms with Crippen LogP contribution in [-0.2, 0) is 29.5 Å². The molecule has 0 bridgehead atoms. The molecule has 0 spiro atoms. The first-order valence-corrected chi connectivity index (χ1v) is 8.13. The summed E-state index contributed by atoms with van der Waals surface area (Å²) in [6, 6.07) is 6.95. The minimum absolute atomic E-state index is 0.248. The highest BCUT2D eigenvalue weighted by molar-refractivity contribution is 7.89. The standard InChI is InChI=1S/C14H19N3O2S/c1-3-12-5-7-14(8-6-12)20(18,19)16-10-13-9-15-17(4-2)11-13/h5-9,11,16H,3-4,10H2,1-2H3. The van der Waals surface area contributed by atoms with E-state index in [1.807, 2.05) is 32.2 Å². The molecule has 0 saturated heterocycles. The minimum atomic E-state index is -3.47. The summed E-state index contributed by atoms with van der Waals surface area (Å²) in [6.45, 7) is 5.03. The molecule has 0 radical (unpaired) electrons. The lowest BCUT2D eigenvalue weighted by Gasteiger charge is -2.06. The van der Waals surface area contributed by atoms with E-state index in [2.05, 4.69) is 9.82 Å². The van der Waals surface area contributed by atoms with Gasteiger partial charge < -0.3 is 0 Å². The zero-order valence-electron chi connectivity index (χ0n) is 11.7. The van der Waals surface area contributed by atoms with Gasteiger partial charge in [0.1, 0.15) is 0 Å². The Bertz CT molecular complexity index is 660. The van der Waals surface area contributed by atoms with E-state index in [1.165, 1.54) is 0 Å². The summed E-state index contributed by atoms with van der Waals surface area (Å²) in [7, 11) is -3.47. The lowest BCUT2D eigenvalue weighted by molar-refractivity contribution is 0.581. The first-order valence-electron chi connectivity index (χ1n) is 6.65. The van der Waals surface area contributed by atoms with Gasteiger partial charge in [-0.1, -0.05) is 19.1 Å². The summed E-state index contributed by atoms with van der Waals surface area (Å²) in [5.74, 6) is 0. The molecule has 0 saturated carbocycles. The molecule has 2 rings (SSSR count). The molecule has 1 heterocycles. The van der Waals surface area contributed by atoms with Gasteiger partial charge in [-0.25, -0.2) is 13.1 Å². The van der Waals surface area contributed by atoms with Crippen molar-refractivity contribution in [1.82, 2.24) is 14.5 Å². The Morgan fingerprint density at radius 2 is 1.85 bits per heavy atom. The molecule has 1 N–H and O–H groups in total. The van der Waals surface area contributed by atoms with Crippen LogP contribution in [0.1, 0.15) is 25.0 Å². The van der Waals surface area contributed by atoms with Crippen molar-refractivity contribution in [2.45, 2.75) is 38.3 Å². The molecule has 108 valence electrons. The molecular formula is C14H19N3O2S. The Kier molecular flexibility index (Phi) is 4.57. The fraction of sp³-hybridized carbons (Fsp3) is 0.357. The molecule has 0 aliphatic heterocycles. The first kappa shape index (κ1) is 14.7. The number of aromatic nitrogens is 2. The SMILES string of the molecule is CCc1ccc(S(=O)(=O)NCc2cnn(CC)c2)cc1. The third-order valence-electron chi connectivity index (χ3n) is 3.12. The monoisotopic (exact) mass is 293 g/mol. The maximum atomic E-state index is 12.1. The Hall–Kier alpha value is -1.66. The zero-order chi connectivity index (χ0) is 14.6. The molecule has 0 aliphatic rings. The van der Waals surface area contributed by atoms with E-state index in [-0.39, 0.29) is 11.4 Å². The molecule has 2 aromatic rings. The maximum Gasteiger partial charge on any atom is 0.240 e. The lowest BCUT2D eigenvalue weighted by atomic mass is 10.2. The summed E-state index contributed by atoms with van der Waals surface area (Å²) < 4.78 is 28.6. The van der Waals surface area contributed by atoms with Crippen LogP contribution in [0.4, 0.5) is 0 Å². The molecule has 0 fully saturated rings. The molecule has 0 unspecified atom stereocenters. The van der Waals surface area contributed by atoms with Crippen LogP contribution in [-0.4, -0.2) is 18.2 Å². The van der Waals surface area contributed by atoms with Gasteiger partial charge in [-0.15, -0.1) is 0 Å². The van der Waals surface area contributed by atoms with Gasteiger partial charge in [-0.3, -0.25) is 4.68 Å². The van der Waals surface area contributed by atoms with Crippen LogP contribution in [0.5, 0.6) is 0 Å². The van der Waals surface area contributed by atoms with E-state index in [0.717, 1.165) is 24.1 Å². The number of aryl methyl sites for hydroxylation is 2. The average Bonchev–Trinajstić information content (AvgIpc) is 2.93. The number of nitrogens with zero attached hydrogens (tertiary/aromatic N) is 2. The van der Waals surface area contributed by atoms with Crippen LogP contribution >= 0.6 is 0 Å². The molecule has 1 aromatic heterocycles. The van der Waals surface area contributed by atoms with Gasteiger partial charge in [0, 0.05) is 24.8 Å². The zero-order valence-corrected chi connectivity index (χ0v) is 12.5. The summed E-state index contributed by atoms with van der Waals surface area (Å²) in [5.41, 5.74) is 1.97. The maximum absolute atomic E-state index is 12.1. The summed E-state index contributed by atoms with van der Waals surface area (Å²) >= 11 is 0. The predicted molar refractivity (Wildman–Crippen MR) is 77.7 cm³/mol. The van der Waals surface area contributed by atoms with Crippen LogP contribution in [0.15, 0.2) is 41.6 Å². The molecule has 0 aliphatic carbocycles. The van der Waals surface area contributed by atoms with E-state index < -0.39 is 10.0 Å². The number of sulfonamides is 1. The second-order valence-corrected chi connectivity index (χ2v) is 6.29. The fourth-order valence-electron chi connectivity index (χ4n) is 1.84. The number of hydrogen-bond donors (Lipinski definition) is 1. The van der Waals surface area contributed by atoms with Crippen LogP contribution in [0.25, 0.3) is 0 Å². The van der Waals surface area contributed by atoms with E-state index in [1.54, 1.807) is 23.0 Å². The van der Waals surface area contributed by atoms with Crippen LogP contribution in [0.2, 0.25) is 0 Å². The van der Waals surface area contributed by atoms with Crippen molar-refractivity contribution in [3.8, 4) is 0 Å². The minimum Gasteiger partial charge on any atom is -0.273 e. The van der Waals surface area contributed by atoms with E-state index >= 15 is 0 Å². The topological polar surface area (TPSA) is 64.0 Å².